The number of amides is 1. The van der Waals surface area contributed by atoms with Gasteiger partial charge in [-0.25, -0.2) is 0 Å². The first kappa shape index (κ1) is 12.7. The SMILES string of the molecule is CCc1ccc(N(C)C(=O)CC(C)N)cc1. The van der Waals surface area contributed by atoms with Crippen LogP contribution in [-0.2, 0) is 11.2 Å². The Hall–Kier alpha value is -1.35. The standard InChI is InChI=1S/C13H20N2O/c1-4-11-5-7-12(8-6-11)15(3)13(16)9-10(2)14/h5-8,10H,4,9,14H2,1-3H3. The number of hydrogen-bond acceptors (Lipinski definition) is 2. The van der Waals surface area contributed by atoms with E-state index in [1.165, 1.54) is 5.56 Å². The van der Waals surface area contributed by atoms with E-state index in [0.29, 0.717) is 6.42 Å². The van der Waals surface area contributed by atoms with Crippen molar-refractivity contribution in [1.82, 2.24) is 0 Å². The molecule has 3 heteroatoms. The zero-order valence-electron chi connectivity index (χ0n) is 10.2. The van der Waals surface area contributed by atoms with Crippen LogP contribution in [0.2, 0.25) is 0 Å². The minimum atomic E-state index is -0.0927. The Morgan fingerprint density at radius 1 is 1.38 bits per heavy atom. The van der Waals surface area contributed by atoms with E-state index in [2.05, 4.69) is 6.92 Å². The molecule has 0 aliphatic carbocycles. The number of nitrogens with zero attached hydrogens (tertiary/aromatic N) is 1. The van der Waals surface area contributed by atoms with Crippen LogP contribution in [0.1, 0.15) is 25.8 Å². The van der Waals surface area contributed by atoms with Crippen LogP contribution < -0.4 is 10.6 Å². The smallest absolute Gasteiger partial charge is 0.228 e. The lowest BCUT2D eigenvalue weighted by atomic mass is 10.1. The van der Waals surface area contributed by atoms with Crippen LogP contribution in [0.5, 0.6) is 0 Å². The highest BCUT2D eigenvalue weighted by Gasteiger charge is 2.12. The minimum Gasteiger partial charge on any atom is -0.327 e. The van der Waals surface area contributed by atoms with Crippen LogP contribution in [0.15, 0.2) is 24.3 Å². The fraction of sp³-hybridized carbons (Fsp3) is 0.462. The van der Waals surface area contributed by atoms with Gasteiger partial charge in [-0.1, -0.05) is 19.1 Å². The van der Waals surface area contributed by atoms with Gasteiger partial charge in [0.05, 0.1) is 0 Å². The predicted octanol–water partition coefficient (Wildman–Crippen LogP) is 1.95. The quantitative estimate of drug-likeness (QED) is 0.843. The zero-order chi connectivity index (χ0) is 12.1. The summed E-state index contributed by atoms with van der Waals surface area (Å²) in [6.07, 6.45) is 1.39. The second-order valence-corrected chi connectivity index (χ2v) is 4.15. The summed E-state index contributed by atoms with van der Waals surface area (Å²) in [5.41, 5.74) is 7.80. The van der Waals surface area contributed by atoms with Crippen LogP contribution in [0.3, 0.4) is 0 Å². The fourth-order valence-corrected chi connectivity index (χ4v) is 1.51. The molecule has 0 saturated carbocycles. The van der Waals surface area contributed by atoms with E-state index in [1.807, 2.05) is 31.2 Å². The molecule has 1 rings (SSSR count). The van der Waals surface area contributed by atoms with Crippen LogP contribution in [0.4, 0.5) is 5.69 Å². The Balaban J connectivity index is 2.72. The first-order valence-electron chi connectivity index (χ1n) is 5.65. The molecule has 1 amide bonds. The van der Waals surface area contributed by atoms with E-state index in [0.717, 1.165) is 12.1 Å². The van der Waals surface area contributed by atoms with Crippen molar-refractivity contribution in [2.75, 3.05) is 11.9 Å². The molecule has 0 radical (unpaired) electrons. The molecule has 1 atom stereocenters. The van der Waals surface area contributed by atoms with E-state index in [4.69, 9.17) is 5.73 Å². The van der Waals surface area contributed by atoms with E-state index in [-0.39, 0.29) is 11.9 Å². The Morgan fingerprint density at radius 3 is 2.38 bits per heavy atom. The summed E-state index contributed by atoms with van der Waals surface area (Å²) in [5.74, 6) is 0.0549. The normalized spacial score (nSPS) is 12.2. The largest absolute Gasteiger partial charge is 0.327 e. The number of carbonyl (C=O) groups excluding carboxylic acids is 1. The van der Waals surface area contributed by atoms with Gasteiger partial charge in [0, 0.05) is 25.2 Å². The lowest BCUT2D eigenvalue weighted by Crippen LogP contribution is -2.31. The Labute approximate surface area is 97.2 Å². The molecule has 0 aliphatic heterocycles. The van der Waals surface area contributed by atoms with Crippen molar-refractivity contribution >= 4 is 11.6 Å². The number of benzene rings is 1. The molecule has 0 aliphatic rings. The van der Waals surface area contributed by atoms with Crippen LogP contribution in [-0.4, -0.2) is 19.0 Å². The van der Waals surface area contributed by atoms with Gasteiger partial charge in [-0.05, 0) is 31.0 Å². The molecular formula is C13H20N2O. The van der Waals surface area contributed by atoms with E-state index in [9.17, 15) is 4.79 Å². The van der Waals surface area contributed by atoms with Gasteiger partial charge in [0.15, 0.2) is 0 Å². The van der Waals surface area contributed by atoms with Gasteiger partial charge in [0.25, 0.3) is 0 Å². The van der Waals surface area contributed by atoms with E-state index >= 15 is 0 Å². The van der Waals surface area contributed by atoms with Crippen molar-refractivity contribution < 1.29 is 4.79 Å². The molecule has 0 aromatic heterocycles. The summed E-state index contributed by atoms with van der Waals surface area (Å²) in [6.45, 7) is 3.95. The molecule has 0 saturated heterocycles. The van der Waals surface area contributed by atoms with Crippen molar-refractivity contribution in [3.63, 3.8) is 0 Å². The van der Waals surface area contributed by atoms with Gasteiger partial charge in [-0.15, -0.1) is 0 Å². The Kier molecular flexibility index (Phi) is 4.50. The van der Waals surface area contributed by atoms with E-state index in [1.54, 1.807) is 11.9 Å². The van der Waals surface area contributed by atoms with Gasteiger partial charge < -0.3 is 10.6 Å². The predicted molar refractivity (Wildman–Crippen MR) is 67.5 cm³/mol. The number of nitrogens with two attached hydrogens (primary N) is 1. The average Bonchev–Trinajstić information content (AvgIpc) is 2.27. The second-order valence-electron chi connectivity index (χ2n) is 4.15. The average molecular weight is 220 g/mol. The van der Waals surface area contributed by atoms with Crippen molar-refractivity contribution in [1.29, 1.82) is 0 Å². The van der Waals surface area contributed by atoms with Crippen LogP contribution >= 0.6 is 0 Å². The van der Waals surface area contributed by atoms with Gasteiger partial charge in [-0.2, -0.15) is 0 Å². The fourth-order valence-electron chi connectivity index (χ4n) is 1.51. The molecule has 1 unspecified atom stereocenters. The highest BCUT2D eigenvalue weighted by Crippen LogP contribution is 2.15. The molecule has 0 fully saturated rings. The first-order chi connectivity index (χ1) is 7.54. The zero-order valence-corrected chi connectivity index (χ0v) is 10.2. The number of hydrogen-bond donors (Lipinski definition) is 1. The molecule has 0 spiro atoms. The van der Waals surface area contributed by atoms with Crippen molar-refractivity contribution in [2.24, 2.45) is 5.73 Å². The second kappa shape index (κ2) is 5.66. The lowest BCUT2D eigenvalue weighted by Gasteiger charge is -2.18. The van der Waals surface area contributed by atoms with Gasteiger partial charge in [-0.3, -0.25) is 4.79 Å². The summed E-state index contributed by atoms with van der Waals surface area (Å²) in [4.78, 5) is 13.4. The number of anilines is 1. The summed E-state index contributed by atoms with van der Waals surface area (Å²) >= 11 is 0. The van der Waals surface area contributed by atoms with Crippen molar-refractivity contribution in [3.8, 4) is 0 Å². The highest BCUT2D eigenvalue weighted by atomic mass is 16.2. The third-order valence-electron chi connectivity index (χ3n) is 2.60. The minimum absolute atomic E-state index is 0.0549. The topological polar surface area (TPSA) is 46.3 Å². The number of aryl methyl sites for hydroxylation is 1. The monoisotopic (exact) mass is 220 g/mol. The third-order valence-corrected chi connectivity index (χ3v) is 2.60. The Morgan fingerprint density at radius 2 is 1.94 bits per heavy atom. The molecule has 1 aromatic carbocycles. The van der Waals surface area contributed by atoms with Crippen molar-refractivity contribution in [3.05, 3.63) is 29.8 Å². The molecule has 3 nitrogen and oxygen atoms in total. The summed E-state index contributed by atoms with van der Waals surface area (Å²) < 4.78 is 0. The van der Waals surface area contributed by atoms with Crippen molar-refractivity contribution in [2.45, 2.75) is 32.7 Å². The lowest BCUT2D eigenvalue weighted by molar-refractivity contribution is -0.118. The van der Waals surface area contributed by atoms with Gasteiger partial charge >= 0.3 is 0 Å². The number of rotatable bonds is 4. The highest BCUT2D eigenvalue weighted by molar-refractivity contribution is 5.93. The molecule has 88 valence electrons. The Bertz CT molecular complexity index is 343. The van der Waals surface area contributed by atoms with E-state index < -0.39 is 0 Å². The van der Waals surface area contributed by atoms with Gasteiger partial charge in [0.1, 0.15) is 0 Å². The molecule has 16 heavy (non-hydrogen) atoms. The summed E-state index contributed by atoms with van der Waals surface area (Å²) in [7, 11) is 1.78. The molecular weight excluding hydrogens is 200 g/mol. The molecule has 0 heterocycles. The molecule has 0 bridgehead atoms. The maximum atomic E-state index is 11.8. The maximum absolute atomic E-state index is 11.8. The maximum Gasteiger partial charge on any atom is 0.228 e. The third kappa shape index (κ3) is 3.35. The van der Waals surface area contributed by atoms with Gasteiger partial charge in [0.2, 0.25) is 5.91 Å². The summed E-state index contributed by atoms with van der Waals surface area (Å²) in [5, 5.41) is 0. The molecule has 2 N–H and O–H groups in total. The van der Waals surface area contributed by atoms with Crippen LogP contribution in [0, 0.1) is 0 Å². The van der Waals surface area contributed by atoms with Crippen LogP contribution in [0.25, 0.3) is 0 Å². The summed E-state index contributed by atoms with van der Waals surface area (Å²) in [6, 6.07) is 7.94. The molecule has 1 aromatic rings. The first-order valence-corrected chi connectivity index (χ1v) is 5.65. The number of carbonyl (C=O) groups is 1.